The van der Waals surface area contributed by atoms with Crippen LogP contribution in [0.1, 0.15) is 5.56 Å². The Hall–Kier alpha value is -1.68. The molecule has 1 N–H and O–H groups in total. The maximum Gasteiger partial charge on any atom is 0.224 e. The normalized spacial score (nSPS) is 10.2. The second kappa shape index (κ2) is 5.59. The average Bonchev–Trinajstić information content (AvgIpc) is 2.29. The summed E-state index contributed by atoms with van der Waals surface area (Å²) in [7, 11) is 0. The molecule has 1 heterocycles. The number of halogens is 2. The molecule has 0 aliphatic heterocycles. The van der Waals surface area contributed by atoms with Crippen molar-refractivity contribution in [2.75, 3.05) is 11.9 Å². The monoisotopic (exact) mass is 251 g/mol. The molecule has 17 heavy (non-hydrogen) atoms. The molecule has 0 bridgehead atoms. The van der Waals surface area contributed by atoms with E-state index >= 15 is 0 Å². The second-order valence-electron chi connectivity index (χ2n) is 3.52. The first-order chi connectivity index (χ1) is 8.24. The highest BCUT2D eigenvalue weighted by molar-refractivity contribution is 6.28. The number of nitrogens with zero attached hydrogens (tertiary/aromatic N) is 2. The van der Waals surface area contributed by atoms with Crippen LogP contribution < -0.4 is 5.32 Å². The van der Waals surface area contributed by atoms with Crippen LogP contribution in [0.15, 0.2) is 36.5 Å². The van der Waals surface area contributed by atoms with Crippen LogP contribution in [-0.4, -0.2) is 16.5 Å². The fraction of sp³-hybridized carbons (Fsp3) is 0.167. The van der Waals surface area contributed by atoms with Crippen LogP contribution in [0.4, 0.5) is 10.2 Å². The first-order valence-electron chi connectivity index (χ1n) is 5.21. The quantitative estimate of drug-likeness (QED) is 0.849. The van der Waals surface area contributed by atoms with Gasteiger partial charge in [-0.25, -0.2) is 14.4 Å². The Balaban J connectivity index is 1.87. The Morgan fingerprint density at radius 1 is 1.29 bits per heavy atom. The number of rotatable bonds is 4. The Bertz CT molecular complexity index is 459. The summed E-state index contributed by atoms with van der Waals surface area (Å²) in [6.45, 7) is 0.663. The van der Waals surface area contributed by atoms with E-state index in [1.165, 1.54) is 12.1 Å². The van der Waals surface area contributed by atoms with Gasteiger partial charge in [-0.15, -0.1) is 0 Å². The predicted octanol–water partition coefficient (Wildman–Crippen LogP) is 2.92. The lowest BCUT2D eigenvalue weighted by molar-refractivity contribution is 0.625. The highest BCUT2D eigenvalue weighted by Gasteiger charge is 1.97. The number of nitrogens with one attached hydrogen (secondary N) is 1. The van der Waals surface area contributed by atoms with Crippen LogP contribution >= 0.6 is 11.6 Å². The lowest BCUT2D eigenvalue weighted by atomic mass is 10.1. The van der Waals surface area contributed by atoms with E-state index in [0.29, 0.717) is 12.4 Å². The molecule has 1 aromatic carbocycles. The summed E-state index contributed by atoms with van der Waals surface area (Å²) in [5.74, 6) is 0.453. The smallest absolute Gasteiger partial charge is 0.224 e. The van der Waals surface area contributed by atoms with Gasteiger partial charge in [-0.05, 0) is 41.8 Å². The Morgan fingerprint density at radius 2 is 2.18 bits per heavy atom. The summed E-state index contributed by atoms with van der Waals surface area (Å²) in [5.41, 5.74) is 0.942. The van der Waals surface area contributed by atoms with E-state index in [-0.39, 0.29) is 11.1 Å². The number of benzene rings is 1. The number of anilines is 1. The minimum absolute atomic E-state index is 0.209. The van der Waals surface area contributed by atoms with Gasteiger partial charge in [-0.1, -0.05) is 12.1 Å². The van der Waals surface area contributed by atoms with Crippen molar-refractivity contribution in [2.45, 2.75) is 6.42 Å². The van der Waals surface area contributed by atoms with Gasteiger partial charge in [0.05, 0.1) is 0 Å². The van der Waals surface area contributed by atoms with Crippen molar-refractivity contribution in [2.24, 2.45) is 0 Å². The lowest BCUT2D eigenvalue weighted by Gasteiger charge is -2.05. The van der Waals surface area contributed by atoms with E-state index in [4.69, 9.17) is 11.6 Å². The first kappa shape index (κ1) is 11.8. The molecule has 2 rings (SSSR count). The molecular formula is C12H11ClFN3. The molecule has 0 aliphatic rings. The van der Waals surface area contributed by atoms with Gasteiger partial charge in [0.25, 0.3) is 0 Å². The van der Waals surface area contributed by atoms with Gasteiger partial charge in [0.2, 0.25) is 5.28 Å². The van der Waals surface area contributed by atoms with Crippen LogP contribution in [0.3, 0.4) is 0 Å². The first-order valence-corrected chi connectivity index (χ1v) is 5.59. The molecule has 0 fully saturated rings. The van der Waals surface area contributed by atoms with Crippen LogP contribution in [0, 0.1) is 5.82 Å². The molecule has 0 amide bonds. The fourth-order valence-corrected chi connectivity index (χ4v) is 1.61. The molecule has 1 aromatic heterocycles. The molecule has 0 saturated heterocycles. The minimum atomic E-state index is -0.215. The molecule has 0 spiro atoms. The number of aromatic nitrogens is 2. The molecule has 0 aliphatic carbocycles. The summed E-state index contributed by atoms with van der Waals surface area (Å²) < 4.78 is 12.9. The van der Waals surface area contributed by atoms with E-state index in [0.717, 1.165) is 12.0 Å². The van der Waals surface area contributed by atoms with Crippen molar-refractivity contribution in [3.8, 4) is 0 Å². The van der Waals surface area contributed by atoms with E-state index < -0.39 is 0 Å². The molecule has 88 valence electrons. The number of hydrogen-bond donors (Lipinski definition) is 1. The van der Waals surface area contributed by atoms with Crippen molar-refractivity contribution >= 4 is 17.4 Å². The summed E-state index contributed by atoms with van der Waals surface area (Å²) in [5, 5.41) is 3.30. The van der Waals surface area contributed by atoms with Gasteiger partial charge in [-0.3, -0.25) is 0 Å². The van der Waals surface area contributed by atoms with Gasteiger partial charge < -0.3 is 5.32 Å². The summed E-state index contributed by atoms with van der Waals surface area (Å²) in [6, 6.07) is 8.27. The standard InChI is InChI=1S/C12H11ClFN3/c13-12-16-7-5-11(17-12)15-6-4-9-2-1-3-10(14)8-9/h1-3,5,7-8H,4,6H2,(H,15,16,17). The van der Waals surface area contributed by atoms with Gasteiger partial charge in [-0.2, -0.15) is 0 Å². The van der Waals surface area contributed by atoms with Crippen molar-refractivity contribution < 1.29 is 4.39 Å². The fourth-order valence-electron chi connectivity index (χ4n) is 1.46. The third kappa shape index (κ3) is 3.67. The minimum Gasteiger partial charge on any atom is -0.370 e. The van der Waals surface area contributed by atoms with E-state index in [1.54, 1.807) is 18.3 Å². The Morgan fingerprint density at radius 3 is 2.94 bits per heavy atom. The largest absolute Gasteiger partial charge is 0.370 e. The molecule has 2 aromatic rings. The summed E-state index contributed by atoms with van der Waals surface area (Å²) in [4.78, 5) is 7.77. The third-order valence-corrected chi connectivity index (χ3v) is 2.42. The van der Waals surface area contributed by atoms with Gasteiger partial charge in [0.1, 0.15) is 11.6 Å². The van der Waals surface area contributed by atoms with Crippen LogP contribution in [0.2, 0.25) is 5.28 Å². The molecule has 5 heteroatoms. The van der Waals surface area contributed by atoms with E-state index in [9.17, 15) is 4.39 Å². The van der Waals surface area contributed by atoms with Crippen molar-refractivity contribution in [3.05, 3.63) is 53.2 Å². The zero-order chi connectivity index (χ0) is 12.1. The van der Waals surface area contributed by atoms with Crippen LogP contribution in [-0.2, 0) is 6.42 Å². The van der Waals surface area contributed by atoms with Gasteiger partial charge in [0.15, 0.2) is 0 Å². The molecular weight excluding hydrogens is 241 g/mol. The molecule has 0 radical (unpaired) electrons. The van der Waals surface area contributed by atoms with E-state index in [1.807, 2.05) is 6.07 Å². The maximum absolute atomic E-state index is 12.9. The average molecular weight is 252 g/mol. The zero-order valence-corrected chi connectivity index (χ0v) is 9.78. The van der Waals surface area contributed by atoms with Crippen molar-refractivity contribution in [1.29, 1.82) is 0 Å². The topological polar surface area (TPSA) is 37.8 Å². The summed E-state index contributed by atoms with van der Waals surface area (Å²) in [6.07, 6.45) is 2.30. The summed E-state index contributed by atoms with van der Waals surface area (Å²) >= 11 is 5.65. The lowest BCUT2D eigenvalue weighted by Crippen LogP contribution is -2.06. The SMILES string of the molecule is Fc1cccc(CCNc2ccnc(Cl)n2)c1. The van der Waals surface area contributed by atoms with Crippen LogP contribution in [0.5, 0.6) is 0 Å². The van der Waals surface area contributed by atoms with Crippen molar-refractivity contribution in [1.82, 2.24) is 9.97 Å². The highest BCUT2D eigenvalue weighted by atomic mass is 35.5. The zero-order valence-electron chi connectivity index (χ0n) is 9.03. The Labute approximate surface area is 104 Å². The van der Waals surface area contributed by atoms with E-state index in [2.05, 4.69) is 15.3 Å². The second-order valence-corrected chi connectivity index (χ2v) is 3.86. The third-order valence-electron chi connectivity index (χ3n) is 2.24. The van der Waals surface area contributed by atoms with Crippen LogP contribution in [0.25, 0.3) is 0 Å². The Kier molecular flexibility index (Phi) is 3.88. The molecule has 0 atom stereocenters. The molecule has 0 saturated carbocycles. The van der Waals surface area contributed by atoms with Crippen molar-refractivity contribution in [3.63, 3.8) is 0 Å². The molecule has 3 nitrogen and oxygen atoms in total. The van der Waals surface area contributed by atoms with Gasteiger partial charge in [0, 0.05) is 12.7 Å². The predicted molar refractivity (Wildman–Crippen MR) is 65.6 cm³/mol. The van der Waals surface area contributed by atoms with Gasteiger partial charge >= 0.3 is 0 Å². The maximum atomic E-state index is 12.9. The number of hydrogen-bond acceptors (Lipinski definition) is 3. The highest BCUT2D eigenvalue weighted by Crippen LogP contribution is 2.07. The molecule has 0 unspecified atom stereocenters.